The fourth-order valence-electron chi connectivity index (χ4n) is 4.33. The standard InChI is InChI=1S/C21H28F2/c1-2-3-4-5-15-6-8-16(9-7-15)17-10-11-18-13-20(22)21(23)14-19(18)12-17/h10,13-16H,2-9,11-12H2,1H3. The summed E-state index contributed by atoms with van der Waals surface area (Å²) in [5, 5.41) is 0. The van der Waals surface area contributed by atoms with E-state index in [0.29, 0.717) is 5.92 Å². The molecule has 0 radical (unpaired) electrons. The van der Waals surface area contributed by atoms with Crippen LogP contribution >= 0.6 is 0 Å². The summed E-state index contributed by atoms with van der Waals surface area (Å²) in [5.41, 5.74) is 3.42. The lowest BCUT2D eigenvalue weighted by molar-refractivity contribution is 0.279. The number of hydrogen-bond acceptors (Lipinski definition) is 0. The third-order valence-corrected chi connectivity index (χ3v) is 5.81. The Bertz CT molecular complexity index is 565. The molecule has 0 aromatic heterocycles. The fraction of sp³-hybridized carbons (Fsp3) is 0.619. The molecule has 0 saturated heterocycles. The highest BCUT2D eigenvalue weighted by Gasteiger charge is 2.25. The van der Waals surface area contributed by atoms with Gasteiger partial charge in [0.2, 0.25) is 0 Å². The van der Waals surface area contributed by atoms with Gasteiger partial charge in [-0.05, 0) is 73.6 Å². The molecule has 3 rings (SSSR count). The van der Waals surface area contributed by atoms with Crippen molar-refractivity contribution >= 4 is 0 Å². The van der Waals surface area contributed by atoms with Crippen LogP contribution in [0.3, 0.4) is 0 Å². The Morgan fingerprint density at radius 3 is 2.35 bits per heavy atom. The molecule has 0 unspecified atom stereocenters. The molecular weight excluding hydrogens is 290 g/mol. The number of hydrogen-bond donors (Lipinski definition) is 0. The second kappa shape index (κ2) is 7.59. The largest absolute Gasteiger partial charge is 0.204 e. The molecule has 0 N–H and O–H groups in total. The van der Waals surface area contributed by atoms with E-state index in [4.69, 9.17) is 0 Å². The van der Waals surface area contributed by atoms with Gasteiger partial charge in [0.25, 0.3) is 0 Å². The first-order chi connectivity index (χ1) is 11.2. The maximum absolute atomic E-state index is 13.5. The summed E-state index contributed by atoms with van der Waals surface area (Å²) in [6.07, 6.45) is 14.6. The number of fused-ring (bicyclic) bond motifs is 1. The van der Waals surface area contributed by atoms with Gasteiger partial charge in [0, 0.05) is 0 Å². The monoisotopic (exact) mass is 318 g/mol. The van der Waals surface area contributed by atoms with E-state index < -0.39 is 11.6 Å². The first-order valence-corrected chi connectivity index (χ1v) is 9.33. The van der Waals surface area contributed by atoms with Gasteiger partial charge in [-0.1, -0.05) is 44.3 Å². The summed E-state index contributed by atoms with van der Waals surface area (Å²) >= 11 is 0. The molecule has 1 aromatic carbocycles. The minimum Gasteiger partial charge on any atom is -0.204 e. The lowest BCUT2D eigenvalue weighted by atomic mass is 9.74. The van der Waals surface area contributed by atoms with Crippen LogP contribution < -0.4 is 0 Å². The smallest absolute Gasteiger partial charge is 0.159 e. The second-order valence-electron chi connectivity index (χ2n) is 7.41. The van der Waals surface area contributed by atoms with Crippen LogP contribution in [0.4, 0.5) is 8.78 Å². The van der Waals surface area contributed by atoms with Crippen molar-refractivity contribution in [2.75, 3.05) is 0 Å². The topological polar surface area (TPSA) is 0 Å². The van der Waals surface area contributed by atoms with Crippen molar-refractivity contribution in [2.24, 2.45) is 11.8 Å². The van der Waals surface area contributed by atoms with E-state index in [1.165, 1.54) is 69.1 Å². The Morgan fingerprint density at radius 2 is 1.65 bits per heavy atom. The van der Waals surface area contributed by atoms with Crippen molar-refractivity contribution in [2.45, 2.75) is 71.1 Å². The van der Waals surface area contributed by atoms with E-state index in [-0.39, 0.29) is 0 Å². The van der Waals surface area contributed by atoms with Crippen molar-refractivity contribution in [3.8, 4) is 0 Å². The molecule has 126 valence electrons. The Kier molecular flexibility index (Phi) is 5.50. The van der Waals surface area contributed by atoms with Crippen LogP contribution in [-0.4, -0.2) is 0 Å². The van der Waals surface area contributed by atoms with Crippen molar-refractivity contribution < 1.29 is 8.78 Å². The van der Waals surface area contributed by atoms with Gasteiger partial charge in [0.1, 0.15) is 0 Å². The zero-order valence-corrected chi connectivity index (χ0v) is 14.2. The molecule has 1 aromatic rings. The Morgan fingerprint density at radius 1 is 0.957 bits per heavy atom. The molecule has 2 aliphatic carbocycles. The zero-order chi connectivity index (χ0) is 16.2. The molecule has 2 aliphatic rings. The van der Waals surface area contributed by atoms with E-state index in [0.717, 1.165) is 29.9 Å². The molecule has 1 saturated carbocycles. The first-order valence-electron chi connectivity index (χ1n) is 9.33. The molecule has 0 nitrogen and oxygen atoms in total. The van der Waals surface area contributed by atoms with E-state index in [1.807, 2.05) is 0 Å². The molecule has 2 heteroatoms. The highest BCUT2D eigenvalue weighted by atomic mass is 19.2. The SMILES string of the molecule is CCCCCC1CCC(C2=CCc3cc(F)c(F)cc3C2)CC1. The quantitative estimate of drug-likeness (QED) is 0.436. The minimum absolute atomic E-state index is 0.665. The fourth-order valence-corrected chi connectivity index (χ4v) is 4.33. The predicted octanol–water partition coefficient (Wildman–Crippen LogP) is 6.38. The lowest BCUT2D eigenvalue weighted by Crippen LogP contribution is -2.19. The summed E-state index contributed by atoms with van der Waals surface area (Å²) in [4.78, 5) is 0. The Balaban J connectivity index is 1.56. The van der Waals surface area contributed by atoms with Crippen LogP contribution in [0.2, 0.25) is 0 Å². The van der Waals surface area contributed by atoms with Gasteiger partial charge in [0.05, 0.1) is 0 Å². The summed E-state index contributed by atoms with van der Waals surface area (Å²) in [6, 6.07) is 2.79. The molecule has 0 bridgehead atoms. The molecule has 0 aliphatic heterocycles. The van der Waals surface area contributed by atoms with Gasteiger partial charge in [-0.15, -0.1) is 0 Å². The van der Waals surface area contributed by atoms with E-state index in [2.05, 4.69) is 13.0 Å². The molecule has 0 amide bonds. The average molecular weight is 318 g/mol. The van der Waals surface area contributed by atoms with Crippen molar-refractivity contribution in [3.63, 3.8) is 0 Å². The number of unbranched alkanes of at least 4 members (excludes halogenated alkanes) is 2. The summed E-state index contributed by atoms with van der Waals surface area (Å²) < 4.78 is 26.8. The van der Waals surface area contributed by atoms with Gasteiger partial charge in [-0.2, -0.15) is 0 Å². The lowest BCUT2D eigenvalue weighted by Gasteiger charge is -2.32. The summed E-state index contributed by atoms with van der Waals surface area (Å²) in [6.45, 7) is 2.26. The number of rotatable bonds is 5. The van der Waals surface area contributed by atoms with Crippen molar-refractivity contribution in [3.05, 3.63) is 46.5 Å². The van der Waals surface area contributed by atoms with Crippen LogP contribution in [0.25, 0.3) is 0 Å². The second-order valence-corrected chi connectivity index (χ2v) is 7.41. The van der Waals surface area contributed by atoms with Crippen LogP contribution in [0.5, 0.6) is 0 Å². The number of allylic oxidation sites excluding steroid dienone is 2. The summed E-state index contributed by atoms with van der Waals surface area (Å²) in [7, 11) is 0. The number of halogens is 2. The Labute approximate surface area is 139 Å². The zero-order valence-electron chi connectivity index (χ0n) is 14.2. The molecule has 23 heavy (non-hydrogen) atoms. The molecule has 1 fully saturated rings. The van der Waals surface area contributed by atoms with E-state index >= 15 is 0 Å². The van der Waals surface area contributed by atoms with Crippen LogP contribution in [0.15, 0.2) is 23.8 Å². The van der Waals surface area contributed by atoms with E-state index in [1.54, 1.807) is 0 Å². The Hall–Kier alpha value is -1.18. The van der Waals surface area contributed by atoms with Crippen LogP contribution in [-0.2, 0) is 12.8 Å². The van der Waals surface area contributed by atoms with Gasteiger partial charge >= 0.3 is 0 Å². The predicted molar refractivity (Wildman–Crippen MR) is 91.4 cm³/mol. The minimum atomic E-state index is -0.715. The molecule has 0 spiro atoms. The highest BCUT2D eigenvalue weighted by Crippen LogP contribution is 2.38. The van der Waals surface area contributed by atoms with Crippen molar-refractivity contribution in [1.29, 1.82) is 0 Å². The molecule has 0 heterocycles. The highest BCUT2D eigenvalue weighted by molar-refractivity contribution is 5.38. The maximum Gasteiger partial charge on any atom is 0.159 e. The van der Waals surface area contributed by atoms with Crippen LogP contribution in [0, 0.1) is 23.5 Å². The number of benzene rings is 1. The van der Waals surface area contributed by atoms with E-state index in [9.17, 15) is 8.78 Å². The van der Waals surface area contributed by atoms with Gasteiger partial charge in [-0.25, -0.2) is 8.78 Å². The van der Waals surface area contributed by atoms with Gasteiger partial charge in [-0.3, -0.25) is 0 Å². The summed E-state index contributed by atoms with van der Waals surface area (Å²) in [5.74, 6) is 0.164. The maximum atomic E-state index is 13.5. The molecule has 0 atom stereocenters. The van der Waals surface area contributed by atoms with Gasteiger partial charge in [0.15, 0.2) is 11.6 Å². The third kappa shape index (κ3) is 4.02. The average Bonchev–Trinajstić information content (AvgIpc) is 2.56. The normalized spacial score (nSPS) is 24.2. The first kappa shape index (κ1) is 16.7. The van der Waals surface area contributed by atoms with Crippen LogP contribution in [0.1, 0.15) is 69.4 Å². The van der Waals surface area contributed by atoms with Gasteiger partial charge < -0.3 is 0 Å². The third-order valence-electron chi connectivity index (χ3n) is 5.81. The van der Waals surface area contributed by atoms with Crippen molar-refractivity contribution in [1.82, 2.24) is 0 Å². The molecular formula is C21H28F2.